The Morgan fingerprint density at radius 2 is 2.58 bits per heavy atom. The first kappa shape index (κ1) is 9.52. The lowest BCUT2D eigenvalue weighted by Gasteiger charge is -2.10. The largest absolute Gasteiger partial charge is 0.222 e. The lowest BCUT2D eigenvalue weighted by atomic mass is 10.6. The molecule has 0 amide bonds. The van der Waals surface area contributed by atoms with Crippen LogP contribution in [0.25, 0.3) is 0 Å². The molecule has 0 aromatic carbocycles. The topological polar surface area (TPSA) is 27.0 Å². The highest BCUT2D eigenvalue weighted by atomic mass is 32.2. The molecule has 12 heavy (non-hydrogen) atoms. The van der Waals surface area contributed by atoms with Gasteiger partial charge in [-0.05, 0) is 23.8 Å². The van der Waals surface area contributed by atoms with Gasteiger partial charge in [0.2, 0.25) is 0 Å². The molecule has 0 fully saturated rings. The summed E-state index contributed by atoms with van der Waals surface area (Å²) in [5.74, 6) is 0. The molecule has 0 N–H and O–H groups in total. The van der Waals surface area contributed by atoms with Gasteiger partial charge in [-0.15, -0.1) is 11.3 Å². The SMILES string of the molecule is CSC(=S)N(C#N)c1cccs1. The lowest BCUT2D eigenvalue weighted by Crippen LogP contribution is -2.18. The van der Waals surface area contributed by atoms with Crippen LogP contribution >= 0.6 is 35.3 Å². The van der Waals surface area contributed by atoms with E-state index in [1.165, 1.54) is 28.0 Å². The summed E-state index contributed by atoms with van der Waals surface area (Å²) in [5, 5.41) is 11.6. The van der Waals surface area contributed by atoms with E-state index < -0.39 is 0 Å². The highest BCUT2D eigenvalue weighted by Gasteiger charge is 2.10. The number of rotatable bonds is 1. The number of hydrogen-bond acceptors (Lipinski definition) is 4. The van der Waals surface area contributed by atoms with Gasteiger partial charge in [-0.25, -0.2) is 4.90 Å². The minimum atomic E-state index is 0.583. The maximum atomic E-state index is 8.78. The fraction of sp³-hybridized carbons (Fsp3) is 0.143. The number of anilines is 1. The molecule has 0 spiro atoms. The molecule has 0 bridgehead atoms. The highest BCUT2D eigenvalue weighted by Crippen LogP contribution is 2.23. The van der Waals surface area contributed by atoms with Gasteiger partial charge in [0.05, 0.1) is 0 Å². The minimum Gasteiger partial charge on any atom is -0.222 e. The summed E-state index contributed by atoms with van der Waals surface area (Å²) in [5.41, 5.74) is 0. The summed E-state index contributed by atoms with van der Waals surface area (Å²) in [4.78, 5) is 1.45. The molecule has 1 rings (SSSR count). The van der Waals surface area contributed by atoms with Crippen molar-refractivity contribution in [1.29, 1.82) is 5.26 Å². The second kappa shape index (κ2) is 4.45. The Morgan fingerprint density at radius 3 is 3.00 bits per heavy atom. The molecule has 0 atom stereocenters. The van der Waals surface area contributed by atoms with E-state index in [0.717, 1.165) is 5.00 Å². The fourth-order valence-corrected chi connectivity index (χ4v) is 1.94. The fourth-order valence-electron chi connectivity index (χ4n) is 0.668. The average Bonchev–Trinajstić information content (AvgIpc) is 2.58. The van der Waals surface area contributed by atoms with Crippen LogP contribution in [0.3, 0.4) is 0 Å². The van der Waals surface area contributed by atoms with Gasteiger partial charge in [0.25, 0.3) is 0 Å². The van der Waals surface area contributed by atoms with Gasteiger partial charge in [0.1, 0.15) is 5.00 Å². The molecule has 0 aliphatic heterocycles. The number of nitrogens with zero attached hydrogens (tertiary/aromatic N) is 2. The Morgan fingerprint density at radius 1 is 1.83 bits per heavy atom. The van der Waals surface area contributed by atoms with E-state index in [4.69, 9.17) is 17.5 Å². The highest BCUT2D eigenvalue weighted by molar-refractivity contribution is 8.23. The van der Waals surface area contributed by atoms with E-state index in [1.807, 2.05) is 30.0 Å². The molecule has 0 saturated carbocycles. The molecule has 0 radical (unpaired) electrons. The predicted molar refractivity (Wildman–Crippen MR) is 58.5 cm³/mol. The Labute approximate surface area is 84.8 Å². The van der Waals surface area contributed by atoms with Crippen LogP contribution in [0.15, 0.2) is 17.5 Å². The van der Waals surface area contributed by atoms with Crippen LogP contribution in [0.2, 0.25) is 0 Å². The molecule has 62 valence electrons. The molecule has 0 aliphatic rings. The van der Waals surface area contributed by atoms with Crippen molar-refractivity contribution in [2.24, 2.45) is 0 Å². The minimum absolute atomic E-state index is 0.583. The zero-order valence-corrected chi connectivity index (χ0v) is 8.80. The van der Waals surface area contributed by atoms with E-state index >= 15 is 0 Å². The Bertz CT molecular complexity index is 299. The third-order valence-electron chi connectivity index (χ3n) is 1.18. The van der Waals surface area contributed by atoms with Crippen LogP contribution < -0.4 is 4.90 Å². The maximum Gasteiger partial charge on any atom is 0.191 e. The van der Waals surface area contributed by atoms with E-state index in [1.54, 1.807) is 0 Å². The van der Waals surface area contributed by atoms with E-state index in [2.05, 4.69) is 0 Å². The molecule has 1 aromatic rings. The van der Waals surface area contributed by atoms with Gasteiger partial charge in [-0.2, -0.15) is 5.26 Å². The van der Waals surface area contributed by atoms with Crippen molar-refractivity contribution in [3.05, 3.63) is 17.5 Å². The molecule has 0 aliphatic carbocycles. The monoisotopic (exact) mass is 214 g/mol. The van der Waals surface area contributed by atoms with Gasteiger partial charge < -0.3 is 0 Å². The predicted octanol–water partition coefficient (Wildman–Crippen LogP) is 2.68. The zero-order valence-electron chi connectivity index (χ0n) is 6.35. The molecule has 1 aromatic heterocycles. The molecule has 5 heteroatoms. The summed E-state index contributed by atoms with van der Waals surface area (Å²) in [6, 6.07) is 3.77. The zero-order chi connectivity index (χ0) is 8.97. The van der Waals surface area contributed by atoms with Gasteiger partial charge in [0, 0.05) is 0 Å². The quantitative estimate of drug-likeness (QED) is 0.408. The number of thiocarbonyl (C=S) groups is 1. The molecular formula is C7H6N2S3. The Balaban J connectivity index is 2.86. The third kappa shape index (κ3) is 1.97. The first-order chi connectivity index (χ1) is 5.79. The first-order valence-corrected chi connectivity index (χ1v) is 5.62. The van der Waals surface area contributed by atoms with Gasteiger partial charge in [-0.3, -0.25) is 0 Å². The van der Waals surface area contributed by atoms with E-state index in [0.29, 0.717) is 4.32 Å². The summed E-state index contributed by atoms with van der Waals surface area (Å²) in [6.07, 6.45) is 3.90. The summed E-state index contributed by atoms with van der Waals surface area (Å²) in [6.45, 7) is 0. The molecular weight excluding hydrogens is 208 g/mol. The molecule has 1 heterocycles. The lowest BCUT2D eigenvalue weighted by molar-refractivity contribution is 1.39. The van der Waals surface area contributed by atoms with Crippen LogP contribution in [0.4, 0.5) is 5.00 Å². The average molecular weight is 214 g/mol. The number of thiophene rings is 1. The van der Waals surface area contributed by atoms with E-state index in [9.17, 15) is 0 Å². The Hall–Kier alpha value is -0.570. The van der Waals surface area contributed by atoms with Crippen molar-refractivity contribution in [3.8, 4) is 6.19 Å². The number of thioether (sulfide) groups is 1. The second-order valence-electron chi connectivity index (χ2n) is 1.86. The molecule has 0 unspecified atom stereocenters. The normalized spacial score (nSPS) is 9.00. The maximum absolute atomic E-state index is 8.78. The Kier molecular flexibility index (Phi) is 3.53. The molecule has 2 nitrogen and oxygen atoms in total. The van der Waals surface area contributed by atoms with Crippen molar-refractivity contribution in [2.75, 3.05) is 11.2 Å². The van der Waals surface area contributed by atoms with Crippen molar-refractivity contribution in [3.63, 3.8) is 0 Å². The first-order valence-electron chi connectivity index (χ1n) is 3.11. The summed E-state index contributed by atoms with van der Waals surface area (Å²) >= 11 is 7.90. The van der Waals surface area contributed by atoms with Crippen molar-refractivity contribution >= 4 is 44.6 Å². The van der Waals surface area contributed by atoms with Crippen molar-refractivity contribution < 1.29 is 0 Å². The van der Waals surface area contributed by atoms with Crippen LogP contribution in [-0.2, 0) is 0 Å². The van der Waals surface area contributed by atoms with Crippen LogP contribution in [0.1, 0.15) is 0 Å². The van der Waals surface area contributed by atoms with Gasteiger partial charge >= 0.3 is 0 Å². The standard InChI is InChI=1S/C7H6N2S3/c1-11-7(10)9(5-8)6-3-2-4-12-6/h2-4H,1H3. The second-order valence-corrected chi connectivity index (χ2v) is 4.22. The van der Waals surface area contributed by atoms with Gasteiger partial charge in [0.15, 0.2) is 10.5 Å². The van der Waals surface area contributed by atoms with Crippen molar-refractivity contribution in [2.45, 2.75) is 0 Å². The third-order valence-corrected chi connectivity index (χ3v) is 3.25. The van der Waals surface area contributed by atoms with Crippen molar-refractivity contribution in [1.82, 2.24) is 0 Å². The smallest absolute Gasteiger partial charge is 0.191 e. The van der Waals surface area contributed by atoms with Crippen LogP contribution in [0, 0.1) is 11.5 Å². The molecule has 0 saturated heterocycles. The summed E-state index contributed by atoms with van der Waals surface area (Å²) < 4.78 is 0.583. The van der Waals surface area contributed by atoms with E-state index in [-0.39, 0.29) is 0 Å². The van der Waals surface area contributed by atoms with Crippen LogP contribution in [-0.4, -0.2) is 10.6 Å². The number of hydrogen-bond donors (Lipinski definition) is 0. The van der Waals surface area contributed by atoms with Gasteiger partial charge in [-0.1, -0.05) is 24.0 Å². The summed E-state index contributed by atoms with van der Waals surface area (Å²) in [7, 11) is 0. The van der Waals surface area contributed by atoms with Crippen LogP contribution in [0.5, 0.6) is 0 Å². The number of nitriles is 1.